The number of halogens is 4. The molecule has 0 aliphatic heterocycles. The molecule has 2 atom stereocenters. The van der Waals surface area contributed by atoms with Crippen molar-refractivity contribution in [2.75, 3.05) is 6.61 Å². The van der Waals surface area contributed by atoms with E-state index in [4.69, 9.17) is 49.1 Å². The van der Waals surface area contributed by atoms with Crippen LogP contribution in [-0.4, -0.2) is 39.5 Å². The fourth-order valence-electron chi connectivity index (χ4n) is 2.95. The second kappa shape index (κ2) is 10.8. The van der Waals surface area contributed by atoms with E-state index in [0.29, 0.717) is 6.21 Å². The van der Waals surface area contributed by atoms with Gasteiger partial charge in [-0.25, -0.2) is 9.18 Å². The van der Waals surface area contributed by atoms with Crippen molar-refractivity contribution in [2.45, 2.75) is 23.6 Å². The predicted molar refractivity (Wildman–Crippen MR) is 126 cm³/mol. The monoisotopic (exact) mass is 531 g/mol. The van der Waals surface area contributed by atoms with Gasteiger partial charge in [0.1, 0.15) is 23.8 Å². The fourth-order valence-corrected chi connectivity index (χ4v) is 5.00. The van der Waals surface area contributed by atoms with Crippen LogP contribution in [0.2, 0.25) is 15.1 Å². The summed E-state index contributed by atoms with van der Waals surface area (Å²) in [6.45, 7) is -0.585. The number of carbonyl (C=O) groups is 1. The molecule has 0 heterocycles. The Morgan fingerprint density at radius 2 is 1.67 bits per heavy atom. The Kier molecular flexibility index (Phi) is 8.31. The zero-order valence-electron chi connectivity index (χ0n) is 16.8. The highest BCUT2D eigenvalue weighted by Crippen LogP contribution is 2.33. The summed E-state index contributed by atoms with van der Waals surface area (Å²) in [5.74, 6) is -0.746. The van der Waals surface area contributed by atoms with E-state index in [0.717, 1.165) is 22.9 Å². The van der Waals surface area contributed by atoms with Crippen LogP contribution in [-0.2, 0) is 19.0 Å². The first-order chi connectivity index (χ1) is 15.6. The third kappa shape index (κ3) is 6.43. The molecule has 0 unspecified atom stereocenters. The molecular formula is C22H17Cl3FNO5S. The SMILES string of the molecule is N=C[C@@H](F)C[C@@H](COC(=O)c1ccc2ccccc2c1)OS(=O)(=O)c1cc(Cl)c(Cl)cc1Cl. The van der Waals surface area contributed by atoms with Gasteiger partial charge in [-0.2, -0.15) is 8.42 Å². The first-order valence-corrected chi connectivity index (χ1v) is 12.0. The fraction of sp³-hybridized carbons (Fsp3) is 0.182. The number of hydrogen-bond donors (Lipinski definition) is 1. The number of fused-ring (bicyclic) bond motifs is 1. The second-order valence-corrected chi connectivity index (χ2v) is 9.71. The van der Waals surface area contributed by atoms with E-state index >= 15 is 0 Å². The molecule has 0 amide bonds. The van der Waals surface area contributed by atoms with Gasteiger partial charge in [-0.15, -0.1) is 0 Å². The Hall–Kier alpha value is -2.23. The molecule has 11 heteroatoms. The maximum atomic E-state index is 13.9. The number of benzene rings is 3. The maximum Gasteiger partial charge on any atom is 0.338 e. The first kappa shape index (κ1) is 25.4. The lowest BCUT2D eigenvalue weighted by atomic mass is 10.1. The minimum absolute atomic E-state index is 0.0362. The summed E-state index contributed by atoms with van der Waals surface area (Å²) in [6.07, 6.45) is -3.32. The number of ether oxygens (including phenoxy) is 1. The van der Waals surface area contributed by atoms with Gasteiger partial charge in [0.25, 0.3) is 10.1 Å². The van der Waals surface area contributed by atoms with Crippen LogP contribution in [0.5, 0.6) is 0 Å². The predicted octanol–water partition coefficient (Wildman–Crippen LogP) is 6.11. The van der Waals surface area contributed by atoms with E-state index in [1.165, 1.54) is 0 Å². The molecule has 0 aliphatic rings. The first-order valence-electron chi connectivity index (χ1n) is 9.49. The molecule has 0 spiro atoms. The molecule has 1 N–H and O–H groups in total. The number of carbonyl (C=O) groups excluding carboxylic acids is 1. The molecule has 3 aromatic rings. The van der Waals surface area contributed by atoms with Crippen LogP contribution in [0.1, 0.15) is 16.8 Å². The van der Waals surface area contributed by atoms with Crippen molar-refractivity contribution >= 4 is 67.9 Å². The highest BCUT2D eigenvalue weighted by Gasteiger charge is 2.28. The topological polar surface area (TPSA) is 93.5 Å². The second-order valence-electron chi connectivity index (χ2n) is 6.95. The van der Waals surface area contributed by atoms with Crippen LogP contribution in [0.3, 0.4) is 0 Å². The Balaban J connectivity index is 1.78. The van der Waals surface area contributed by atoms with Crippen LogP contribution < -0.4 is 0 Å². The van der Waals surface area contributed by atoms with Crippen molar-refractivity contribution in [1.82, 2.24) is 0 Å². The summed E-state index contributed by atoms with van der Waals surface area (Å²) >= 11 is 17.7. The van der Waals surface area contributed by atoms with E-state index in [1.807, 2.05) is 24.3 Å². The quantitative estimate of drug-likeness (QED) is 0.155. The Morgan fingerprint density at radius 3 is 2.36 bits per heavy atom. The summed E-state index contributed by atoms with van der Waals surface area (Å²) in [5, 5.41) is 8.48. The van der Waals surface area contributed by atoms with Crippen molar-refractivity contribution in [2.24, 2.45) is 0 Å². The Morgan fingerprint density at radius 1 is 1.00 bits per heavy atom. The van der Waals surface area contributed by atoms with Crippen LogP contribution in [0.25, 0.3) is 10.8 Å². The van der Waals surface area contributed by atoms with Gasteiger partial charge in [0, 0.05) is 12.6 Å². The number of rotatable bonds is 9. The van der Waals surface area contributed by atoms with E-state index in [9.17, 15) is 17.6 Å². The van der Waals surface area contributed by atoms with Gasteiger partial charge in [0.15, 0.2) is 0 Å². The Bertz CT molecular complexity index is 1300. The van der Waals surface area contributed by atoms with Crippen molar-refractivity contribution in [3.63, 3.8) is 0 Å². The molecule has 3 aromatic carbocycles. The lowest BCUT2D eigenvalue weighted by Crippen LogP contribution is -2.29. The third-order valence-electron chi connectivity index (χ3n) is 4.56. The minimum atomic E-state index is -4.53. The van der Waals surface area contributed by atoms with Gasteiger partial charge in [-0.05, 0) is 35.0 Å². The lowest BCUT2D eigenvalue weighted by molar-refractivity contribution is 0.0283. The largest absolute Gasteiger partial charge is 0.459 e. The van der Waals surface area contributed by atoms with Crippen molar-refractivity contribution in [3.05, 3.63) is 75.2 Å². The summed E-state index contributed by atoms with van der Waals surface area (Å²) < 4.78 is 49.6. The molecule has 33 heavy (non-hydrogen) atoms. The van der Waals surface area contributed by atoms with Crippen LogP contribution in [0.4, 0.5) is 4.39 Å². The molecule has 0 radical (unpaired) electrons. The molecule has 0 saturated carbocycles. The highest BCUT2D eigenvalue weighted by molar-refractivity contribution is 7.87. The summed E-state index contributed by atoms with van der Waals surface area (Å²) in [5.41, 5.74) is 0.228. The molecule has 3 rings (SSSR count). The van der Waals surface area contributed by atoms with Crippen molar-refractivity contribution in [3.8, 4) is 0 Å². The van der Waals surface area contributed by atoms with Gasteiger partial charge >= 0.3 is 5.97 Å². The molecule has 174 valence electrons. The summed E-state index contributed by atoms with van der Waals surface area (Å²) in [6, 6.07) is 14.4. The maximum absolute atomic E-state index is 13.9. The number of hydrogen-bond acceptors (Lipinski definition) is 6. The molecule has 0 fully saturated rings. The van der Waals surface area contributed by atoms with E-state index in [-0.39, 0.29) is 20.6 Å². The van der Waals surface area contributed by atoms with Crippen LogP contribution in [0.15, 0.2) is 59.5 Å². The number of alkyl halides is 1. The normalized spacial score (nSPS) is 13.5. The van der Waals surface area contributed by atoms with Crippen LogP contribution in [0, 0.1) is 5.41 Å². The standard InChI is InChI=1S/C22H17Cl3FNO5S/c23-18-9-20(25)21(10-19(18)24)33(29,30)32-17(8-16(26)11-27)12-31-22(28)15-6-5-13-3-1-2-4-14(13)7-15/h1-7,9-11,16-17,27H,8,12H2/t16-,17-/m0/s1. The average Bonchev–Trinajstić information content (AvgIpc) is 2.78. The van der Waals surface area contributed by atoms with Gasteiger partial charge in [-0.1, -0.05) is 65.1 Å². The smallest absolute Gasteiger partial charge is 0.338 e. The lowest BCUT2D eigenvalue weighted by Gasteiger charge is -2.19. The van der Waals surface area contributed by atoms with E-state index in [2.05, 4.69) is 0 Å². The molecule has 0 aromatic heterocycles. The number of nitrogens with one attached hydrogen (secondary N) is 1. The molecule has 0 bridgehead atoms. The minimum Gasteiger partial charge on any atom is -0.459 e. The number of esters is 1. The van der Waals surface area contributed by atoms with Gasteiger partial charge in [-0.3, -0.25) is 4.18 Å². The van der Waals surface area contributed by atoms with Crippen molar-refractivity contribution in [1.29, 1.82) is 5.41 Å². The zero-order chi connectivity index (χ0) is 24.2. The zero-order valence-corrected chi connectivity index (χ0v) is 19.9. The van der Waals surface area contributed by atoms with Gasteiger partial charge < -0.3 is 10.1 Å². The molecular weight excluding hydrogens is 516 g/mol. The van der Waals surface area contributed by atoms with Crippen molar-refractivity contribution < 1.29 is 26.5 Å². The molecule has 0 saturated heterocycles. The third-order valence-corrected chi connectivity index (χ3v) is 7.11. The highest BCUT2D eigenvalue weighted by atomic mass is 35.5. The van der Waals surface area contributed by atoms with E-state index in [1.54, 1.807) is 18.2 Å². The summed E-state index contributed by atoms with van der Waals surface area (Å²) in [7, 11) is -4.53. The van der Waals surface area contributed by atoms with Gasteiger partial charge in [0.05, 0.1) is 20.6 Å². The Labute approximate surface area is 204 Å². The molecule has 6 nitrogen and oxygen atoms in total. The van der Waals surface area contributed by atoms with Gasteiger partial charge in [0.2, 0.25) is 0 Å². The summed E-state index contributed by atoms with van der Waals surface area (Å²) in [4.78, 5) is 12.0. The average molecular weight is 533 g/mol. The molecule has 0 aliphatic carbocycles. The van der Waals surface area contributed by atoms with E-state index < -0.39 is 46.3 Å². The van der Waals surface area contributed by atoms with Crippen LogP contribution >= 0.6 is 34.8 Å².